The number of hydrogen-bond acceptors (Lipinski definition) is 7. The summed E-state index contributed by atoms with van der Waals surface area (Å²) in [5.74, 6) is -0.348. The minimum absolute atomic E-state index is 0.161. The van der Waals surface area contributed by atoms with E-state index in [1.54, 1.807) is 13.1 Å². The highest BCUT2D eigenvalue weighted by atomic mass is 16.2. The number of nitrogens with zero attached hydrogens (tertiary/aromatic N) is 8. The van der Waals surface area contributed by atoms with Gasteiger partial charge in [-0.15, -0.1) is 5.10 Å². The second-order valence-electron chi connectivity index (χ2n) is 5.98. The van der Waals surface area contributed by atoms with Gasteiger partial charge in [-0.3, -0.25) is 18.8 Å². The Kier molecular flexibility index (Phi) is 3.95. The molecular formula is C16H15N9O2. The van der Waals surface area contributed by atoms with E-state index in [0.29, 0.717) is 22.4 Å². The Morgan fingerprint density at radius 2 is 2.11 bits per heavy atom. The fourth-order valence-corrected chi connectivity index (χ4v) is 2.69. The lowest BCUT2D eigenvalue weighted by atomic mass is 10.2. The number of amides is 1. The van der Waals surface area contributed by atoms with Crippen LogP contribution >= 0.6 is 0 Å². The van der Waals surface area contributed by atoms with E-state index in [2.05, 4.69) is 30.9 Å². The summed E-state index contributed by atoms with van der Waals surface area (Å²) in [5, 5.41) is 18.2. The molecule has 4 aromatic rings. The van der Waals surface area contributed by atoms with Crippen molar-refractivity contribution in [2.24, 2.45) is 7.05 Å². The van der Waals surface area contributed by atoms with E-state index in [9.17, 15) is 9.59 Å². The van der Waals surface area contributed by atoms with Crippen molar-refractivity contribution in [2.75, 3.05) is 5.32 Å². The van der Waals surface area contributed by atoms with Crippen LogP contribution in [-0.4, -0.2) is 45.4 Å². The summed E-state index contributed by atoms with van der Waals surface area (Å²) in [5.41, 5.74) is 2.34. The molecule has 1 N–H and O–H groups in total. The third-order valence-corrected chi connectivity index (χ3v) is 4.14. The quantitative estimate of drug-likeness (QED) is 0.542. The first kappa shape index (κ1) is 16.6. The van der Waals surface area contributed by atoms with E-state index in [1.807, 2.05) is 19.1 Å². The molecule has 0 aliphatic heterocycles. The highest BCUT2D eigenvalue weighted by molar-refractivity contribution is 5.91. The van der Waals surface area contributed by atoms with Gasteiger partial charge in [0.2, 0.25) is 5.91 Å². The van der Waals surface area contributed by atoms with Crippen LogP contribution in [0.1, 0.15) is 5.56 Å². The lowest BCUT2D eigenvalue weighted by molar-refractivity contribution is -0.116. The number of tetrazole rings is 1. The zero-order valence-corrected chi connectivity index (χ0v) is 14.6. The van der Waals surface area contributed by atoms with Crippen LogP contribution in [-0.2, 0) is 18.4 Å². The van der Waals surface area contributed by atoms with E-state index in [4.69, 9.17) is 0 Å². The highest BCUT2D eigenvalue weighted by Crippen LogP contribution is 2.19. The summed E-state index contributed by atoms with van der Waals surface area (Å²) in [6, 6.07) is 5.45. The minimum atomic E-state index is -0.348. The normalized spacial score (nSPS) is 11.0. The smallest absolute Gasteiger partial charge is 0.264 e. The van der Waals surface area contributed by atoms with Gasteiger partial charge in [0.05, 0.1) is 11.9 Å². The average molecular weight is 365 g/mol. The number of hydrogen-bond donors (Lipinski definition) is 1. The van der Waals surface area contributed by atoms with Crippen LogP contribution in [0, 0.1) is 6.92 Å². The van der Waals surface area contributed by atoms with Gasteiger partial charge in [0, 0.05) is 12.7 Å². The topological polar surface area (TPSA) is 125 Å². The first-order valence-corrected chi connectivity index (χ1v) is 8.04. The zero-order chi connectivity index (χ0) is 19.0. The number of rotatable bonds is 4. The van der Waals surface area contributed by atoms with E-state index in [1.165, 1.54) is 32.8 Å². The zero-order valence-electron chi connectivity index (χ0n) is 14.6. The maximum Gasteiger partial charge on any atom is 0.264 e. The number of benzene rings is 1. The molecule has 3 heterocycles. The van der Waals surface area contributed by atoms with Crippen LogP contribution in [0.25, 0.3) is 16.7 Å². The van der Waals surface area contributed by atoms with Gasteiger partial charge in [0.15, 0.2) is 5.65 Å². The van der Waals surface area contributed by atoms with Crippen molar-refractivity contribution in [2.45, 2.75) is 13.5 Å². The van der Waals surface area contributed by atoms with E-state index >= 15 is 0 Å². The molecule has 27 heavy (non-hydrogen) atoms. The van der Waals surface area contributed by atoms with Crippen LogP contribution < -0.4 is 10.9 Å². The van der Waals surface area contributed by atoms with Crippen LogP contribution in [0.5, 0.6) is 0 Å². The molecule has 0 radical (unpaired) electrons. The van der Waals surface area contributed by atoms with Crippen LogP contribution in [0.3, 0.4) is 0 Å². The van der Waals surface area contributed by atoms with E-state index in [0.717, 1.165) is 5.56 Å². The molecule has 0 atom stereocenters. The summed E-state index contributed by atoms with van der Waals surface area (Å²) in [6.45, 7) is 1.71. The number of carbonyl (C=O) groups excluding carboxylic acids is 1. The molecule has 136 valence electrons. The van der Waals surface area contributed by atoms with E-state index < -0.39 is 0 Å². The number of aryl methyl sites for hydroxylation is 2. The number of fused-ring (bicyclic) bond motifs is 1. The van der Waals surface area contributed by atoms with Crippen molar-refractivity contribution < 1.29 is 4.79 Å². The monoisotopic (exact) mass is 365 g/mol. The summed E-state index contributed by atoms with van der Waals surface area (Å²) < 4.78 is 4.24. The largest absolute Gasteiger partial charge is 0.324 e. The van der Waals surface area contributed by atoms with Crippen LogP contribution in [0.4, 0.5) is 5.69 Å². The molecule has 0 saturated heterocycles. The molecule has 0 bridgehead atoms. The Balaban J connectivity index is 1.57. The van der Waals surface area contributed by atoms with Crippen LogP contribution in [0.2, 0.25) is 0 Å². The third-order valence-electron chi connectivity index (χ3n) is 4.14. The molecule has 11 nitrogen and oxygen atoms in total. The molecule has 0 unspecified atom stereocenters. The van der Waals surface area contributed by atoms with Gasteiger partial charge in [0.25, 0.3) is 5.56 Å². The molecular weight excluding hydrogens is 350 g/mol. The van der Waals surface area contributed by atoms with Gasteiger partial charge in [-0.1, -0.05) is 6.07 Å². The lowest BCUT2D eigenvalue weighted by Gasteiger charge is -2.11. The van der Waals surface area contributed by atoms with E-state index in [-0.39, 0.29) is 18.0 Å². The average Bonchev–Trinajstić information content (AvgIpc) is 3.30. The Morgan fingerprint density at radius 1 is 1.26 bits per heavy atom. The molecule has 4 rings (SSSR count). The van der Waals surface area contributed by atoms with Gasteiger partial charge in [-0.25, -0.2) is 9.67 Å². The maximum atomic E-state index is 12.5. The molecule has 0 saturated carbocycles. The first-order chi connectivity index (χ1) is 13.0. The third kappa shape index (κ3) is 3.05. The van der Waals surface area contributed by atoms with Crippen molar-refractivity contribution in [3.05, 3.63) is 53.0 Å². The summed E-state index contributed by atoms with van der Waals surface area (Å²) in [6.07, 6.45) is 4.25. The minimum Gasteiger partial charge on any atom is -0.324 e. The Labute approximate surface area is 152 Å². The van der Waals surface area contributed by atoms with Gasteiger partial charge >= 0.3 is 0 Å². The summed E-state index contributed by atoms with van der Waals surface area (Å²) in [7, 11) is 1.70. The van der Waals surface area contributed by atoms with Gasteiger partial charge in [-0.2, -0.15) is 5.10 Å². The number of carbonyl (C=O) groups is 1. The standard InChI is InChI=1S/C16H15N9O2/c1-10-3-4-11(25-9-18-21-22-25)5-13(10)20-14(26)7-24-8-17-15-12(16(24)27)6-19-23(15)2/h3-6,8-9H,7H2,1-2H3,(H,20,26). The Hall–Kier alpha value is -3.89. The molecule has 0 aliphatic rings. The van der Waals surface area contributed by atoms with Crippen molar-refractivity contribution in [1.29, 1.82) is 0 Å². The van der Waals surface area contributed by atoms with Gasteiger partial charge < -0.3 is 5.32 Å². The van der Waals surface area contributed by atoms with Crippen molar-refractivity contribution in [3.8, 4) is 5.69 Å². The molecule has 1 aromatic carbocycles. The Bertz CT molecular complexity index is 1190. The second-order valence-corrected chi connectivity index (χ2v) is 5.98. The first-order valence-electron chi connectivity index (χ1n) is 8.04. The van der Waals surface area contributed by atoms with Crippen molar-refractivity contribution in [1.82, 2.24) is 39.5 Å². The fraction of sp³-hybridized carbons (Fsp3) is 0.188. The Morgan fingerprint density at radius 3 is 2.89 bits per heavy atom. The second kappa shape index (κ2) is 6.44. The van der Waals surface area contributed by atoms with Crippen LogP contribution in [0.15, 0.2) is 41.8 Å². The molecule has 0 fully saturated rings. The number of anilines is 1. The molecule has 1 amide bonds. The maximum absolute atomic E-state index is 12.5. The van der Waals surface area contributed by atoms with Crippen molar-refractivity contribution in [3.63, 3.8) is 0 Å². The highest BCUT2D eigenvalue weighted by Gasteiger charge is 2.12. The van der Waals surface area contributed by atoms with Gasteiger partial charge in [0.1, 0.15) is 24.6 Å². The predicted molar refractivity (Wildman–Crippen MR) is 95.3 cm³/mol. The summed E-state index contributed by atoms with van der Waals surface area (Å²) >= 11 is 0. The molecule has 11 heteroatoms. The SMILES string of the molecule is Cc1ccc(-n2cnnn2)cc1NC(=O)Cn1cnc2c(cnn2C)c1=O. The lowest BCUT2D eigenvalue weighted by Crippen LogP contribution is -2.28. The molecule has 0 aliphatic carbocycles. The van der Waals surface area contributed by atoms with Gasteiger partial charge in [-0.05, 0) is 35.0 Å². The summed E-state index contributed by atoms with van der Waals surface area (Å²) in [4.78, 5) is 29.1. The number of nitrogens with one attached hydrogen (secondary N) is 1. The van der Waals surface area contributed by atoms with Crippen molar-refractivity contribution >= 4 is 22.6 Å². The molecule has 3 aromatic heterocycles. The fourth-order valence-electron chi connectivity index (χ4n) is 2.69. The molecule has 0 spiro atoms. The predicted octanol–water partition coefficient (Wildman–Crippen LogP) is 0.0528. The number of aromatic nitrogens is 8.